The molecule has 182 valence electrons. The van der Waals surface area contributed by atoms with Gasteiger partial charge in [0.25, 0.3) is 5.91 Å². The van der Waals surface area contributed by atoms with Crippen LogP contribution >= 0.6 is 11.6 Å². The molecule has 0 saturated carbocycles. The van der Waals surface area contributed by atoms with Crippen molar-refractivity contribution in [2.45, 2.75) is 19.3 Å². The zero-order chi connectivity index (χ0) is 26.1. The van der Waals surface area contributed by atoms with E-state index >= 15 is 0 Å². The zero-order valence-corrected chi connectivity index (χ0v) is 20.7. The number of aryl methyl sites for hydroxylation is 1. The number of benzene rings is 2. The van der Waals surface area contributed by atoms with Gasteiger partial charge in [-0.2, -0.15) is 5.26 Å². The summed E-state index contributed by atoms with van der Waals surface area (Å²) >= 11 is 6.30. The topological polar surface area (TPSA) is 96.7 Å². The standard InChI is InChI=1S/C27H27ClN2O5/c1-6-18-12-21(14-29)26(35-5)25(22(18)7-2)27(33)30(16-24(32)34-4)15-20(10-11-31)19-9-8-17(3)23(28)13-19/h6-9,11-13,20H,1-2,10,15-16H2,3-5H3/t20-/m1/s1. The largest absolute Gasteiger partial charge is 0.495 e. The van der Waals surface area contributed by atoms with Gasteiger partial charge < -0.3 is 19.2 Å². The molecular formula is C27H27ClN2O5. The average Bonchev–Trinajstić information content (AvgIpc) is 2.87. The van der Waals surface area contributed by atoms with Crippen molar-refractivity contribution in [1.82, 2.24) is 4.90 Å². The molecule has 2 aromatic carbocycles. The maximum absolute atomic E-state index is 13.9. The summed E-state index contributed by atoms with van der Waals surface area (Å²) in [6.45, 7) is 9.03. The summed E-state index contributed by atoms with van der Waals surface area (Å²) in [5.41, 5.74) is 2.71. The molecule has 0 aliphatic rings. The number of amides is 1. The molecule has 0 aliphatic heterocycles. The van der Waals surface area contributed by atoms with Crippen LogP contribution in [0.1, 0.15) is 50.5 Å². The van der Waals surface area contributed by atoms with Gasteiger partial charge in [0.05, 0.1) is 25.3 Å². The number of esters is 1. The summed E-state index contributed by atoms with van der Waals surface area (Å²) < 4.78 is 10.2. The highest BCUT2D eigenvalue weighted by atomic mass is 35.5. The lowest BCUT2D eigenvalue weighted by atomic mass is 9.92. The molecule has 0 spiro atoms. The molecule has 0 bridgehead atoms. The molecule has 0 unspecified atom stereocenters. The maximum atomic E-state index is 13.9. The second-order valence-electron chi connectivity index (χ2n) is 7.73. The van der Waals surface area contributed by atoms with Gasteiger partial charge in [0.1, 0.15) is 24.6 Å². The number of hydrogen-bond acceptors (Lipinski definition) is 6. The fraction of sp³-hybridized carbons (Fsp3) is 0.259. The molecule has 2 rings (SSSR count). The first-order valence-corrected chi connectivity index (χ1v) is 11.1. The summed E-state index contributed by atoms with van der Waals surface area (Å²) in [7, 11) is 2.57. The number of aldehydes is 1. The van der Waals surface area contributed by atoms with Crippen LogP contribution in [0.15, 0.2) is 37.4 Å². The fourth-order valence-electron chi connectivity index (χ4n) is 3.76. The maximum Gasteiger partial charge on any atom is 0.325 e. The molecule has 0 aromatic heterocycles. The molecule has 1 amide bonds. The van der Waals surface area contributed by atoms with Gasteiger partial charge in [-0.15, -0.1) is 0 Å². The van der Waals surface area contributed by atoms with Crippen LogP contribution in [0.4, 0.5) is 0 Å². The molecular weight excluding hydrogens is 468 g/mol. The Morgan fingerprint density at radius 1 is 1.23 bits per heavy atom. The van der Waals surface area contributed by atoms with Gasteiger partial charge in [0, 0.05) is 23.9 Å². The van der Waals surface area contributed by atoms with Crippen molar-refractivity contribution in [1.29, 1.82) is 5.26 Å². The molecule has 0 radical (unpaired) electrons. The van der Waals surface area contributed by atoms with Crippen molar-refractivity contribution >= 4 is 41.9 Å². The summed E-state index contributed by atoms with van der Waals surface area (Å²) in [4.78, 5) is 38.9. The summed E-state index contributed by atoms with van der Waals surface area (Å²) in [6.07, 6.45) is 3.81. The van der Waals surface area contributed by atoms with Crippen LogP contribution in [0.3, 0.4) is 0 Å². The van der Waals surface area contributed by atoms with Crippen molar-refractivity contribution in [2.75, 3.05) is 27.3 Å². The van der Waals surface area contributed by atoms with Crippen LogP contribution in [-0.4, -0.2) is 50.4 Å². The number of carbonyl (C=O) groups excluding carboxylic acids is 3. The van der Waals surface area contributed by atoms with Crippen LogP contribution in [0, 0.1) is 18.3 Å². The van der Waals surface area contributed by atoms with E-state index in [0.717, 1.165) is 17.4 Å². The molecule has 0 N–H and O–H groups in total. The van der Waals surface area contributed by atoms with E-state index in [4.69, 9.17) is 21.1 Å². The highest BCUT2D eigenvalue weighted by Crippen LogP contribution is 2.34. The van der Waals surface area contributed by atoms with E-state index in [1.54, 1.807) is 12.1 Å². The van der Waals surface area contributed by atoms with E-state index in [9.17, 15) is 19.6 Å². The highest BCUT2D eigenvalue weighted by molar-refractivity contribution is 6.31. The molecule has 1 atom stereocenters. The molecule has 0 heterocycles. The third-order valence-electron chi connectivity index (χ3n) is 5.64. The Morgan fingerprint density at radius 3 is 2.46 bits per heavy atom. The van der Waals surface area contributed by atoms with Gasteiger partial charge >= 0.3 is 5.97 Å². The lowest BCUT2D eigenvalue weighted by molar-refractivity contribution is -0.141. The Labute approximate surface area is 210 Å². The first-order valence-electron chi connectivity index (χ1n) is 10.7. The van der Waals surface area contributed by atoms with E-state index in [0.29, 0.717) is 16.1 Å². The number of rotatable bonds is 11. The summed E-state index contributed by atoms with van der Waals surface area (Å²) in [6, 6.07) is 8.98. The molecule has 0 aliphatic carbocycles. The monoisotopic (exact) mass is 494 g/mol. The summed E-state index contributed by atoms with van der Waals surface area (Å²) in [5, 5.41) is 10.2. The minimum Gasteiger partial charge on any atom is -0.495 e. The van der Waals surface area contributed by atoms with Gasteiger partial charge in [-0.25, -0.2) is 0 Å². The third kappa shape index (κ3) is 6.17. The number of ether oxygens (including phenoxy) is 2. The number of halogens is 1. The third-order valence-corrected chi connectivity index (χ3v) is 6.05. The SMILES string of the molecule is C=Cc1cc(C#N)c(OC)c(C(=O)N(CC(=O)OC)C[C@@H](CC=O)c2ccc(C)c(Cl)c2)c1C=C. The Morgan fingerprint density at radius 2 is 1.94 bits per heavy atom. The normalized spacial score (nSPS) is 11.1. The Kier molecular flexibility index (Phi) is 9.80. The number of nitriles is 1. The van der Waals surface area contributed by atoms with E-state index < -0.39 is 17.8 Å². The Balaban J connectivity index is 2.68. The quantitative estimate of drug-likeness (QED) is 0.329. The predicted molar refractivity (Wildman–Crippen MR) is 135 cm³/mol. The molecule has 0 fully saturated rings. The van der Waals surface area contributed by atoms with Crippen molar-refractivity contribution in [3.63, 3.8) is 0 Å². The van der Waals surface area contributed by atoms with Crippen LogP contribution in [0.2, 0.25) is 5.02 Å². The van der Waals surface area contributed by atoms with Gasteiger partial charge in [-0.1, -0.05) is 49.0 Å². The minimum atomic E-state index is -0.648. The Bertz CT molecular complexity index is 1200. The smallest absolute Gasteiger partial charge is 0.325 e. The first-order chi connectivity index (χ1) is 16.8. The van der Waals surface area contributed by atoms with Crippen LogP contribution in [0.5, 0.6) is 5.75 Å². The molecule has 7 nitrogen and oxygen atoms in total. The van der Waals surface area contributed by atoms with Gasteiger partial charge in [-0.05, 0) is 41.3 Å². The van der Waals surface area contributed by atoms with Gasteiger partial charge in [0.15, 0.2) is 0 Å². The van der Waals surface area contributed by atoms with E-state index in [1.807, 2.05) is 25.1 Å². The Hall–Kier alpha value is -3.89. The molecule has 35 heavy (non-hydrogen) atoms. The van der Waals surface area contributed by atoms with Crippen molar-refractivity contribution in [2.24, 2.45) is 0 Å². The van der Waals surface area contributed by atoms with Gasteiger partial charge in [-0.3, -0.25) is 9.59 Å². The van der Waals surface area contributed by atoms with Gasteiger partial charge in [0.2, 0.25) is 0 Å². The van der Waals surface area contributed by atoms with E-state index in [2.05, 4.69) is 13.2 Å². The molecule has 0 saturated heterocycles. The predicted octanol–water partition coefficient (Wildman–Crippen LogP) is 4.80. The summed E-state index contributed by atoms with van der Waals surface area (Å²) in [5.74, 6) is -1.63. The van der Waals surface area contributed by atoms with E-state index in [1.165, 1.54) is 31.3 Å². The molecule has 8 heteroatoms. The van der Waals surface area contributed by atoms with Crippen LogP contribution in [-0.2, 0) is 14.3 Å². The zero-order valence-electron chi connectivity index (χ0n) is 20.0. The van der Waals surface area contributed by atoms with Crippen molar-refractivity contribution < 1.29 is 23.9 Å². The lowest BCUT2D eigenvalue weighted by Gasteiger charge is -2.28. The number of nitrogens with zero attached hydrogens (tertiary/aromatic N) is 2. The number of carbonyl (C=O) groups is 3. The van der Waals surface area contributed by atoms with Crippen molar-refractivity contribution in [3.8, 4) is 11.8 Å². The second-order valence-corrected chi connectivity index (χ2v) is 8.13. The first kappa shape index (κ1) is 27.4. The second kappa shape index (κ2) is 12.5. The minimum absolute atomic E-state index is 0.00596. The number of hydrogen-bond donors (Lipinski definition) is 0. The highest BCUT2D eigenvalue weighted by Gasteiger charge is 2.30. The number of methoxy groups -OCH3 is 2. The van der Waals surface area contributed by atoms with Crippen LogP contribution in [0.25, 0.3) is 12.2 Å². The fourth-order valence-corrected chi connectivity index (χ4v) is 3.94. The molecule has 2 aromatic rings. The van der Waals surface area contributed by atoms with Crippen LogP contribution < -0.4 is 4.74 Å². The average molecular weight is 495 g/mol. The lowest BCUT2D eigenvalue weighted by Crippen LogP contribution is -2.40. The van der Waals surface area contributed by atoms with Crippen molar-refractivity contribution in [3.05, 3.63) is 75.8 Å². The van der Waals surface area contributed by atoms with E-state index in [-0.39, 0.29) is 36.4 Å².